The number of hydrogen-bond acceptors (Lipinski definition) is 1. The number of hydrogen-bond donors (Lipinski definition) is 1. The molecule has 1 fully saturated rings. The minimum Gasteiger partial charge on any atom is -0.354 e. The average Bonchev–Trinajstić information content (AvgIpc) is 2.31. The maximum absolute atomic E-state index is 6.17. The van der Waals surface area contributed by atoms with Crippen molar-refractivity contribution in [2.45, 2.75) is 31.8 Å². The van der Waals surface area contributed by atoms with Gasteiger partial charge in [-0.25, -0.2) is 0 Å². The molecular formula is C14H20ClN3. The summed E-state index contributed by atoms with van der Waals surface area (Å²) in [6, 6.07) is 8.53. The molecule has 1 aromatic carbocycles. The lowest BCUT2D eigenvalue weighted by molar-refractivity contribution is 0.359. The van der Waals surface area contributed by atoms with Crippen LogP contribution in [0.3, 0.4) is 0 Å². The van der Waals surface area contributed by atoms with E-state index in [2.05, 4.69) is 21.3 Å². The minimum atomic E-state index is 0.595. The van der Waals surface area contributed by atoms with Gasteiger partial charge in [0, 0.05) is 31.7 Å². The van der Waals surface area contributed by atoms with Crippen LogP contribution in [0.1, 0.15) is 24.8 Å². The monoisotopic (exact) mass is 265 g/mol. The Morgan fingerprint density at radius 3 is 2.72 bits per heavy atom. The Labute approximate surface area is 114 Å². The van der Waals surface area contributed by atoms with Gasteiger partial charge in [-0.05, 0) is 30.9 Å². The second kappa shape index (κ2) is 6.10. The molecular weight excluding hydrogens is 246 g/mol. The number of guanidine groups is 1. The first-order valence-corrected chi connectivity index (χ1v) is 6.76. The molecule has 0 aliphatic heterocycles. The summed E-state index contributed by atoms with van der Waals surface area (Å²) in [6.45, 7) is 0.770. The van der Waals surface area contributed by atoms with E-state index in [1.807, 2.05) is 32.3 Å². The molecule has 2 rings (SSSR count). The van der Waals surface area contributed by atoms with E-state index in [9.17, 15) is 0 Å². The average molecular weight is 266 g/mol. The molecule has 1 saturated carbocycles. The van der Waals surface area contributed by atoms with Crippen LogP contribution in [0.5, 0.6) is 0 Å². The van der Waals surface area contributed by atoms with E-state index in [0.717, 1.165) is 23.1 Å². The molecule has 3 nitrogen and oxygen atoms in total. The van der Waals surface area contributed by atoms with Gasteiger partial charge >= 0.3 is 0 Å². The van der Waals surface area contributed by atoms with E-state index < -0.39 is 0 Å². The lowest BCUT2D eigenvalue weighted by Gasteiger charge is -2.31. The van der Waals surface area contributed by atoms with E-state index in [4.69, 9.17) is 11.6 Å². The van der Waals surface area contributed by atoms with Gasteiger partial charge in [0.2, 0.25) is 0 Å². The van der Waals surface area contributed by atoms with Crippen molar-refractivity contribution >= 4 is 17.6 Å². The number of nitrogens with one attached hydrogen (secondary N) is 1. The van der Waals surface area contributed by atoms with Gasteiger partial charge in [0.25, 0.3) is 0 Å². The Kier molecular flexibility index (Phi) is 4.48. The van der Waals surface area contributed by atoms with Crippen molar-refractivity contribution in [2.75, 3.05) is 14.1 Å². The van der Waals surface area contributed by atoms with Gasteiger partial charge in [-0.15, -0.1) is 0 Å². The van der Waals surface area contributed by atoms with Gasteiger partial charge in [0.05, 0.1) is 0 Å². The number of nitrogens with zero attached hydrogens (tertiary/aromatic N) is 2. The first-order chi connectivity index (χ1) is 8.70. The maximum atomic E-state index is 6.17. The van der Waals surface area contributed by atoms with Gasteiger partial charge in [0.1, 0.15) is 0 Å². The van der Waals surface area contributed by atoms with Gasteiger partial charge < -0.3 is 10.2 Å². The molecule has 18 heavy (non-hydrogen) atoms. The summed E-state index contributed by atoms with van der Waals surface area (Å²) < 4.78 is 0. The molecule has 0 heterocycles. The Balaban J connectivity index is 1.97. The smallest absolute Gasteiger partial charge is 0.193 e. The normalized spacial score (nSPS) is 16.3. The van der Waals surface area contributed by atoms with Crippen LogP contribution in [-0.2, 0) is 6.54 Å². The van der Waals surface area contributed by atoms with Gasteiger partial charge in [-0.2, -0.15) is 0 Å². The molecule has 4 heteroatoms. The minimum absolute atomic E-state index is 0.595. The molecule has 0 amide bonds. The summed E-state index contributed by atoms with van der Waals surface area (Å²) in [5.41, 5.74) is 1.12. The lowest BCUT2D eigenvalue weighted by Crippen LogP contribution is -2.46. The first-order valence-electron chi connectivity index (χ1n) is 6.38. The predicted molar refractivity (Wildman–Crippen MR) is 77.1 cm³/mol. The van der Waals surface area contributed by atoms with Crippen LogP contribution >= 0.6 is 11.6 Å². The number of halogens is 1. The third-order valence-electron chi connectivity index (χ3n) is 3.38. The van der Waals surface area contributed by atoms with Crippen LogP contribution in [0.2, 0.25) is 5.02 Å². The van der Waals surface area contributed by atoms with Crippen molar-refractivity contribution in [1.29, 1.82) is 0 Å². The number of rotatable bonds is 3. The topological polar surface area (TPSA) is 27.6 Å². The summed E-state index contributed by atoms with van der Waals surface area (Å²) in [4.78, 5) is 6.43. The molecule has 0 atom stereocenters. The van der Waals surface area contributed by atoms with Crippen molar-refractivity contribution in [1.82, 2.24) is 10.2 Å². The Hall–Kier alpha value is -1.22. The Morgan fingerprint density at radius 1 is 1.44 bits per heavy atom. The van der Waals surface area contributed by atoms with Gasteiger partial charge in [-0.1, -0.05) is 29.8 Å². The second-order valence-corrected chi connectivity index (χ2v) is 5.17. The zero-order valence-corrected chi connectivity index (χ0v) is 11.7. The fraction of sp³-hybridized carbons (Fsp3) is 0.500. The molecule has 1 N–H and O–H groups in total. The third-order valence-corrected chi connectivity index (χ3v) is 3.75. The lowest BCUT2D eigenvalue weighted by atomic mass is 9.93. The molecule has 0 spiro atoms. The fourth-order valence-electron chi connectivity index (χ4n) is 2.04. The van der Waals surface area contributed by atoms with Crippen LogP contribution in [0.15, 0.2) is 29.3 Å². The maximum Gasteiger partial charge on any atom is 0.193 e. The molecule has 1 aromatic rings. The summed E-state index contributed by atoms with van der Waals surface area (Å²) >= 11 is 6.17. The van der Waals surface area contributed by atoms with E-state index in [0.29, 0.717) is 6.04 Å². The summed E-state index contributed by atoms with van der Waals surface area (Å²) in [5.74, 6) is 0.944. The SMILES string of the molecule is CN=C(NC1CCC1)N(C)Cc1ccccc1Cl. The molecule has 0 bridgehead atoms. The zero-order valence-electron chi connectivity index (χ0n) is 11.0. The van der Waals surface area contributed by atoms with Crippen molar-refractivity contribution < 1.29 is 0 Å². The molecule has 0 aromatic heterocycles. The summed E-state index contributed by atoms with van der Waals surface area (Å²) in [5, 5.41) is 4.28. The predicted octanol–water partition coefficient (Wildman–Crippen LogP) is 2.90. The number of benzene rings is 1. The van der Waals surface area contributed by atoms with Crippen LogP contribution in [0, 0.1) is 0 Å². The van der Waals surface area contributed by atoms with E-state index >= 15 is 0 Å². The van der Waals surface area contributed by atoms with Crippen LogP contribution in [0.4, 0.5) is 0 Å². The summed E-state index contributed by atoms with van der Waals surface area (Å²) in [7, 11) is 3.86. The van der Waals surface area contributed by atoms with E-state index in [1.165, 1.54) is 19.3 Å². The molecule has 0 unspecified atom stereocenters. The fourth-order valence-corrected chi connectivity index (χ4v) is 2.23. The third kappa shape index (κ3) is 3.16. The Morgan fingerprint density at radius 2 is 2.17 bits per heavy atom. The molecule has 0 radical (unpaired) electrons. The highest BCUT2D eigenvalue weighted by Gasteiger charge is 2.20. The van der Waals surface area contributed by atoms with Crippen LogP contribution in [0.25, 0.3) is 0 Å². The first kappa shape index (κ1) is 13.2. The quantitative estimate of drug-likeness (QED) is 0.672. The van der Waals surface area contributed by atoms with Crippen molar-refractivity contribution in [3.63, 3.8) is 0 Å². The van der Waals surface area contributed by atoms with Gasteiger partial charge in [0.15, 0.2) is 5.96 Å². The van der Waals surface area contributed by atoms with E-state index in [-0.39, 0.29) is 0 Å². The largest absolute Gasteiger partial charge is 0.354 e. The summed E-state index contributed by atoms with van der Waals surface area (Å²) in [6.07, 6.45) is 3.82. The molecule has 0 saturated heterocycles. The van der Waals surface area contributed by atoms with Crippen LogP contribution < -0.4 is 5.32 Å². The number of aliphatic imine (C=N–C) groups is 1. The van der Waals surface area contributed by atoms with Crippen LogP contribution in [-0.4, -0.2) is 31.0 Å². The highest BCUT2D eigenvalue weighted by Crippen LogP contribution is 2.19. The standard InChI is InChI=1S/C14H20ClN3/c1-16-14(17-12-7-5-8-12)18(2)10-11-6-3-4-9-13(11)15/h3-4,6,9,12H,5,7-8,10H2,1-2H3,(H,16,17). The highest BCUT2D eigenvalue weighted by atomic mass is 35.5. The van der Waals surface area contributed by atoms with Crippen molar-refractivity contribution in [3.05, 3.63) is 34.9 Å². The Bertz CT molecular complexity index is 427. The molecule has 1 aliphatic carbocycles. The van der Waals surface area contributed by atoms with E-state index in [1.54, 1.807) is 0 Å². The highest BCUT2D eigenvalue weighted by molar-refractivity contribution is 6.31. The van der Waals surface area contributed by atoms with Crippen molar-refractivity contribution in [3.8, 4) is 0 Å². The molecule has 98 valence electrons. The molecule has 1 aliphatic rings. The zero-order chi connectivity index (χ0) is 13.0. The van der Waals surface area contributed by atoms with Gasteiger partial charge in [-0.3, -0.25) is 4.99 Å². The van der Waals surface area contributed by atoms with Crippen molar-refractivity contribution in [2.24, 2.45) is 4.99 Å². The second-order valence-electron chi connectivity index (χ2n) is 4.77.